The SMILES string of the molecule is COc1ccc(C(=O)Oc2ccc(/C=C3/SC(=O)N(CC(=O)Nc4ccc(C)cc4)C3=O)cc2)cc1. The van der Waals surface area contributed by atoms with Gasteiger partial charge in [-0.1, -0.05) is 29.8 Å². The first-order chi connectivity index (χ1) is 17.3. The Morgan fingerprint density at radius 3 is 2.19 bits per heavy atom. The lowest BCUT2D eigenvalue weighted by Gasteiger charge is -2.12. The number of nitrogens with zero attached hydrogens (tertiary/aromatic N) is 1. The Balaban J connectivity index is 1.36. The van der Waals surface area contributed by atoms with E-state index in [4.69, 9.17) is 9.47 Å². The van der Waals surface area contributed by atoms with Gasteiger partial charge < -0.3 is 14.8 Å². The number of imide groups is 1. The molecule has 36 heavy (non-hydrogen) atoms. The van der Waals surface area contributed by atoms with Gasteiger partial charge in [0, 0.05) is 5.69 Å². The lowest BCUT2D eigenvalue weighted by Crippen LogP contribution is -2.36. The van der Waals surface area contributed by atoms with Gasteiger partial charge in [-0.25, -0.2) is 4.79 Å². The fourth-order valence-electron chi connectivity index (χ4n) is 3.29. The number of amides is 3. The number of carbonyl (C=O) groups is 4. The fourth-order valence-corrected chi connectivity index (χ4v) is 4.13. The summed E-state index contributed by atoms with van der Waals surface area (Å²) in [5.41, 5.74) is 2.64. The average molecular weight is 503 g/mol. The molecule has 1 fully saturated rings. The lowest BCUT2D eigenvalue weighted by molar-refractivity contribution is -0.127. The molecule has 1 aliphatic rings. The van der Waals surface area contributed by atoms with E-state index in [0.717, 1.165) is 22.2 Å². The van der Waals surface area contributed by atoms with E-state index in [1.165, 1.54) is 0 Å². The van der Waals surface area contributed by atoms with E-state index in [1.807, 2.05) is 19.1 Å². The van der Waals surface area contributed by atoms with E-state index in [1.54, 1.807) is 73.8 Å². The third-order valence-electron chi connectivity index (χ3n) is 5.22. The summed E-state index contributed by atoms with van der Waals surface area (Å²) in [6.45, 7) is 1.55. The van der Waals surface area contributed by atoms with Gasteiger partial charge in [0.05, 0.1) is 17.6 Å². The molecule has 3 amide bonds. The van der Waals surface area contributed by atoms with Crippen molar-refractivity contribution in [3.8, 4) is 11.5 Å². The number of anilines is 1. The third-order valence-corrected chi connectivity index (χ3v) is 6.13. The van der Waals surface area contributed by atoms with E-state index in [-0.39, 0.29) is 11.4 Å². The molecule has 4 rings (SSSR count). The number of aryl methyl sites for hydroxylation is 1. The molecule has 1 aliphatic heterocycles. The number of ether oxygens (including phenoxy) is 2. The van der Waals surface area contributed by atoms with Crippen LogP contribution in [0, 0.1) is 6.92 Å². The van der Waals surface area contributed by atoms with Crippen molar-refractivity contribution in [1.29, 1.82) is 0 Å². The summed E-state index contributed by atoms with van der Waals surface area (Å²) < 4.78 is 10.4. The number of thioether (sulfide) groups is 1. The largest absolute Gasteiger partial charge is 0.497 e. The maximum Gasteiger partial charge on any atom is 0.343 e. The van der Waals surface area contributed by atoms with Crippen LogP contribution in [0.2, 0.25) is 0 Å². The van der Waals surface area contributed by atoms with E-state index >= 15 is 0 Å². The van der Waals surface area contributed by atoms with Gasteiger partial charge in [-0.15, -0.1) is 0 Å². The number of esters is 1. The van der Waals surface area contributed by atoms with Gasteiger partial charge in [-0.3, -0.25) is 19.3 Å². The first-order valence-electron chi connectivity index (χ1n) is 10.9. The number of methoxy groups -OCH3 is 1. The zero-order chi connectivity index (χ0) is 25.7. The third kappa shape index (κ3) is 6.00. The first kappa shape index (κ1) is 24.7. The molecule has 1 heterocycles. The highest BCUT2D eigenvalue weighted by atomic mass is 32.2. The molecule has 8 nitrogen and oxygen atoms in total. The van der Waals surface area contributed by atoms with Crippen LogP contribution in [0.3, 0.4) is 0 Å². The molecule has 182 valence electrons. The van der Waals surface area contributed by atoms with E-state index in [0.29, 0.717) is 28.3 Å². The minimum absolute atomic E-state index is 0.200. The Kier molecular flexibility index (Phi) is 7.50. The van der Waals surface area contributed by atoms with E-state index < -0.39 is 23.0 Å². The monoisotopic (exact) mass is 502 g/mol. The molecule has 3 aromatic rings. The Labute approximate surface area is 211 Å². The molecule has 0 saturated carbocycles. The maximum absolute atomic E-state index is 12.7. The molecule has 0 aliphatic carbocycles. The van der Waals surface area contributed by atoms with Crippen LogP contribution in [-0.4, -0.2) is 41.6 Å². The van der Waals surface area contributed by atoms with Crippen molar-refractivity contribution in [2.75, 3.05) is 19.0 Å². The predicted octanol–water partition coefficient (Wildman–Crippen LogP) is 4.90. The normalized spacial score (nSPS) is 14.2. The summed E-state index contributed by atoms with van der Waals surface area (Å²) in [5.74, 6) is -0.569. The minimum Gasteiger partial charge on any atom is -0.497 e. The molecule has 0 aromatic heterocycles. The Hall–Kier alpha value is -4.37. The van der Waals surface area contributed by atoms with Gasteiger partial charge in [0.15, 0.2) is 0 Å². The number of hydrogen-bond donors (Lipinski definition) is 1. The summed E-state index contributed by atoms with van der Waals surface area (Å²) in [4.78, 5) is 50.8. The van der Waals surface area contributed by atoms with Crippen LogP contribution in [0.1, 0.15) is 21.5 Å². The first-order valence-corrected chi connectivity index (χ1v) is 11.7. The molecule has 0 bridgehead atoms. The van der Waals surface area contributed by atoms with Crippen molar-refractivity contribution >= 4 is 46.5 Å². The Morgan fingerprint density at radius 2 is 1.56 bits per heavy atom. The number of benzene rings is 3. The van der Waals surface area contributed by atoms with Crippen LogP contribution in [0.25, 0.3) is 6.08 Å². The zero-order valence-electron chi connectivity index (χ0n) is 19.5. The quantitative estimate of drug-likeness (QED) is 0.279. The molecule has 0 unspecified atom stereocenters. The predicted molar refractivity (Wildman–Crippen MR) is 137 cm³/mol. The van der Waals surface area contributed by atoms with Crippen LogP contribution >= 0.6 is 11.8 Å². The van der Waals surface area contributed by atoms with Crippen molar-refractivity contribution < 1.29 is 28.7 Å². The van der Waals surface area contributed by atoms with Gasteiger partial charge in [-0.05, 0) is 78.9 Å². The van der Waals surface area contributed by atoms with E-state index in [2.05, 4.69) is 5.32 Å². The van der Waals surface area contributed by atoms with Crippen LogP contribution < -0.4 is 14.8 Å². The van der Waals surface area contributed by atoms with Crippen molar-refractivity contribution in [2.45, 2.75) is 6.92 Å². The standard InChI is InChI=1S/C27H22N2O6S/c1-17-3-9-20(10-4-17)28-24(30)16-29-25(31)23(36-27(29)33)15-18-5-11-22(12-6-18)35-26(32)19-7-13-21(34-2)14-8-19/h3-15H,16H2,1-2H3,(H,28,30)/b23-15+. The summed E-state index contributed by atoms with van der Waals surface area (Å²) in [6.07, 6.45) is 1.55. The van der Waals surface area contributed by atoms with Crippen molar-refractivity contribution in [1.82, 2.24) is 4.90 Å². The summed E-state index contributed by atoms with van der Waals surface area (Å²) in [5, 5.41) is 2.16. The second-order valence-corrected chi connectivity index (χ2v) is 8.86. The molecular weight excluding hydrogens is 480 g/mol. The van der Waals surface area contributed by atoms with Gasteiger partial charge in [0.25, 0.3) is 11.1 Å². The lowest BCUT2D eigenvalue weighted by atomic mass is 10.2. The van der Waals surface area contributed by atoms with Crippen molar-refractivity contribution in [2.24, 2.45) is 0 Å². The van der Waals surface area contributed by atoms with Crippen LogP contribution in [-0.2, 0) is 9.59 Å². The maximum atomic E-state index is 12.7. The van der Waals surface area contributed by atoms with Gasteiger partial charge in [0.2, 0.25) is 5.91 Å². The smallest absolute Gasteiger partial charge is 0.343 e. The molecule has 1 N–H and O–H groups in total. The number of carbonyl (C=O) groups excluding carboxylic acids is 4. The Morgan fingerprint density at radius 1 is 0.917 bits per heavy atom. The van der Waals surface area contributed by atoms with Gasteiger partial charge in [-0.2, -0.15) is 0 Å². The van der Waals surface area contributed by atoms with E-state index in [9.17, 15) is 19.2 Å². The summed E-state index contributed by atoms with van der Waals surface area (Å²) >= 11 is 0.765. The molecule has 3 aromatic carbocycles. The van der Waals surface area contributed by atoms with Crippen LogP contribution in [0.15, 0.2) is 77.7 Å². The highest BCUT2D eigenvalue weighted by Gasteiger charge is 2.36. The molecule has 0 radical (unpaired) electrons. The van der Waals surface area contributed by atoms with Gasteiger partial charge in [0.1, 0.15) is 18.0 Å². The van der Waals surface area contributed by atoms with Crippen molar-refractivity contribution in [3.05, 3.63) is 94.4 Å². The zero-order valence-corrected chi connectivity index (χ0v) is 20.3. The van der Waals surface area contributed by atoms with Gasteiger partial charge >= 0.3 is 5.97 Å². The topological polar surface area (TPSA) is 102 Å². The average Bonchev–Trinajstić information content (AvgIpc) is 3.13. The van der Waals surface area contributed by atoms with Crippen LogP contribution in [0.4, 0.5) is 10.5 Å². The van der Waals surface area contributed by atoms with Crippen molar-refractivity contribution in [3.63, 3.8) is 0 Å². The molecule has 0 spiro atoms. The number of nitrogens with one attached hydrogen (secondary N) is 1. The number of rotatable bonds is 7. The van der Waals surface area contributed by atoms with Crippen LogP contribution in [0.5, 0.6) is 11.5 Å². The molecular formula is C27H22N2O6S. The highest BCUT2D eigenvalue weighted by Crippen LogP contribution is 2.32. The summed E-state index contributed by atoms with van der Waals surface area (Å²) in [7, 11) is 1.54. The second kappa shape index (κ2) is 10.9. The summed E-state index contributed by atoms with van der Waals surface area (Å²) in [6, 6.07) is 20.2. The fraction of sp³-hybridized carbons (Fsp3) is 0.111. The second-order valence-electron chi connectivity index (χ2n) is 7.87. The Bertz CT molecular complexity index is 1330. The molecule has 1 saturated heterocycles. The molecule has 9 heteroatoms. The molecule has 0 atom stereocenters. The highest BCUT2D eigenvalue weighted by molar-refractivity contribution is 8.18. The number of hydrogen-bond acceptors (Lipinski definition) is 7. The minimum atomic E-state index is -0.543.